The van der Waals surface area contributed by atoms with Crippen LogP contribution < -0.4 is 5.73 Å². The summed E-state index contributed by atoms with van der Waals surface area (Å²) >= 11 is 4.83. The van der Waals surface area contributed by atoms with Gasteiger partial charge in [0.2, 0.25) is 10.0 Å². The molecule has 4 nitrogen and oxygen atoms in total. The molecule has 1 aliphatic heterocycles. The predicted octanol–water partition coefficient (Wildman–Crippen LogP) is 1.11. The van der Waals surface area contributed by atoms with Gasteiger partial charge in [-0.25, -0.2) is 12.7 Å². The van der Waals surface area contributed by atoms with E-state index in [1.807, 2.05) is 0 Å². The van der Waals surface area contributed by atoms with Crippen LogP contribution in [-0.4, -0.2) is 36.1 Å². The first-order chi connectivity index (χ1) is 7.39. The van der Waals surface area contributed by atoms with Gasteiger partial charge >= 0.3 is 0 Å². The molecule has 0 spiro atoms. The second kappa shape index (κ2) is 5.42. The van der Waals surface area contributed by atoms with E-state index < -0.39 is 15.3 Å². The normalized spacial score (nSPS) is 25.2. The van der Waals surface area contributed by atoms with E-state index in [0.717, 1.165) is 12.8 Å². The first-order valence-electron chi connectivity index (χ1n) is 5.67. The molecule has 2 N–H and O–H groups in total. The molecule has 16 heavy (non-hydrogen) atoms. The zero-order chi connectivity index (χ0) is 12.3. The average molecular weight is 264 g/mol. The molecule has 0 aromatic heterocycles. The molecular formula is C10H20N2O2S2. The third kappa shape index (κ3) is 2.93. The van der Waals surface area contributed by atoms with Gasteiger partial charge in [0.25, 0.3) is 0 Å². The van der Waals surface area contributed by atoms with Crippen LogP contribution in [0.5, 0.6) is 0 Å². The van der Waals surface area contributed by atoms with Gasteiger partial charge in [-0.1, -0.05) is 26.1 Å². The van der Waals surface area contributed by atoms with Crippen LogP contribution in [0.4, 0.5) is 0 Å². The Balaban J connectivity index is 2.87. The van der Waals surface area contributed by atoms with Crippen LogP contribution in [-0.2, 0) is 10.0 Å². The molecule has 0 amide bonds. The highest BCUT2D eigenvalue weighted by Crippen LogP contribution is 2.22. The maximum atomic E-state index is 12.3. The molecule has 0 aromatic carbocycles. The lowest BCUT2D eigenvalue weighted by Crippen LogP contribution is -2.47. The van der Waals surface area contributed by atoms with Gasteiger partial charge < -0.3 is 5.73 Å². The second-order valence-corrected chi connectivity index (χ2v) is 7.04. The lowest BCUT2D eigenvalue weighted by atomic mass is 10.0. The van der Waals surface area contributed by atoms with Gasteiger partial charge in [-0.3, -0.25) is 0 Å². The maximum Gasteiger partial charge on any atom is 0.223 e. The smallest absolute Gasteiger partial charge is 0.223 e. The molecular weight excluding hydrogens is 244 g/mol. The lowest BCUT2D eigenvalue weighted by molar-refractivity contribution is 0.280. The fourth-order valence-electron chi connectivity index (χ4n) is 2.12. The number of sulfonamides is 1. The molecule has 1 fully saturated rings. The fourth-order valence-corrected chi connectivity index (χ4v) is 4.57. The van der Waals surface area contributed by atoms with Crippen LogP contribution in [0.1, 0.15) is 33.1 Å². The molecule has 94 valence electrons. The number of nitrogens with two attached hydrogens (primary N) is 1. The van der Waals surface area contributed by atoms with Gasteiger partial charge in [0.05, 0.1) is 4.99 Å². The van der Waals surface area contributed by atoms with Crippen molar-refractivity contribution in [2.45, 2.75) is 38.4 Å². The summed E-state index contributed by atoms with van der Waals surface area (Å²) in [6.07, 6.45) is 2.46. The zero-order valence-electron chi connectivity index (χ0n) is 9.85. The Bertz CT molecular complexity index is 354. The summed E-state index contributed by atoms with van der Waals surface area (Å²) in [6.45, 7) is 5.07. The molecule has 0 aliphatic carbocycles. The summed E-state index contributed by atoms with van der Waals surface area (Å²) in [5.41, 5.74) is 5.50. The Morgan fingerprint density at radius 3 is 2.69 bits per heavy atom. The topological polar surface area (TPSA) is 63.4 Å². The third-order valence-electron chi connectivity index (χ3n) is 3.03. The van der Waals surface area contributed by atoms with E-state index in [-0.39, 0.29) is 4.99 Å². The second-order valence-electron chi connectivity index (χ2n) is 4.45. The molecule has 1 aliphatic rings. The van der Waals surface area contributed by atoms with Crippen LogP contribution in [0.3, 0.4) is 0 Å². The van der Waals surface area contributed by atoms with Crippen LogP contribution in [0.15, 0.2) is 0 Å². The number of rotatable bonds is 4. The summed E-state index contributed by atoms with van der Waals surface area (Å²) in [5.74, 6) is 0.423. The molecule has 1 rings (SSSR count). The van der Waals surface area contributed by atoms with Crippen molar-refractivity contribution in [1.82, 2.24) is 4.31 Å². The van der Waals surface area contributed by atoms with Crippen molar-refractivity contribution in [1.29, 1.82) is 0 Å². The molecule has 0 radical (unpaired) electrons. The van der Waals surface area contributed by atoms with Crippen LogP contribution in [0.25, 0.3) is 0 Å². The highest BCUT2D eigenvalue weighted by molar-refractivity contribution is 7.92. The highest BCUT2D eigenvalue weighted by atomic mass is 32.2. The van der Waals surface area contributed by atoms with Crippen molar-refractivity contribution in [2.24, 2.45) is 11.7 Å². The fraction of sp³-hybridized carbons (Fsp3) is 0.900. The van der Waals surface area contributed by atoms with Gasteiger partial charge in [0.1, 0.15) is 5.25 Å². The third-order valence-corrected chi connectivity index (χ3v) is 5.82. The van der Waals surface area contributed by atoms with Gasteiger partial charge in [0, 0.05) is 13.1 Å². The summed E-state index contributed by atoms with van der Waals surface area (Å²) in [5, 5.41) is -0.701. The molecule has 1 heterocycles. The quantitative estimate of drug-likeness (QED) is 0.773. The maximum absolute atomic E-state index is 12.3. The lowest BCUT2D eigenvalue weighted by Gasteiger charge is -2.32. The number of thiocarbonyl (C=S) groups is 1. The van der Waals surface area contributed by atoms with Crippen LogP contribution in [0, 0.1) is 5.92 Å². The zero-order valence-corrected chi connectivity index (χ0v) is 11.5. The van der Waals surface area contributed by atoms with Crippen molar-refractivity contribution < 1.29 is 8.42 Å². The van der Waals surface area contributed by atoms with Gasteiger partial charge in [-0.05, 0) is 25.2 Å². The molecule has 2 unspecified atom stereocenters. The minimum atomic E-state index is -3.34. The van der Waals surface area contributed by atoms with Gasteiger partial charge in [0.15, 0.2) is 0 Å². The first kappa shape index (κ1) is 13.9. The van der Waals surface area contributed by atoms with Crippen molar-refractivity contribution >= 4 is 27.2 Å². The Kier molecular flexibility index (Phi) is 4.70. The number of nitrogens with zero attached hydrogens (tertiary/aromatic N) is 1. The summed E-state index contributed by atoms with van der Waals surface area (Å²) in [4.78, 5) is 0.0840. The molecule has 6 heteroatoms. The minimum absolute atomic E-state index is 0.0840. The largest absolute Gasteiger partial charge is 0.392 e. The van der Waals surface area contributed by atoms with E-state index in [0.29, 0.717) is 25.4 Å². The summed E-state index contributed by atoms with van der Waals surface area (Å²) in [7, 11) is -3.34. The van der Waals surface area contributed by atoms with E-state index in [1.54, 1.807) is 11.2 Å². The summed E-state index contributed by atoms with van der Waals surface area (Å²) < 4.78 is 26.1. The number of piperidine rings is 1. The predicted molar refractivity (Wildman–Crippen MR) is 69.8 cm³/mol. The monoisotopic (exact) mass is 264 g/mol. The SMILES string of the molecule is CCC(C(N)=S)S(=O)(=O)N1CCCC(C)C1. The summed E-state index contributed by atoms with van der Waals surface area (Å²) in [6, 6.07) is 0. The van der Waals surface area contributed by atoms with E-state index in [9.17, 15) is 8.42 Å². The Labute approximate surface area is 103 Å². The van der Waals surface area contributed by atoms with E-state index >= 15 is 0 Å². The molecule has 0 aromatic rings. The Hall–Kier alpha value is -0.200. The van der Waals surface area contributed by atoms with E-state index in [2.05, 4.69) is 6.92 Å². The Morgan fingerprint density at radius 2 is 2.25 bits per heavy atom. The van der Waals surface area contributed by atoms with Gasteiger partial charge in [-0.2, -0.15) is 0 Å². The van der Waals surface area contributed by atoms with Crippen LogP contribution in [0.2, 0.25) is 0 Å². The first-order valence-corrected chi connectivity index (χ1v) is 7.59. The van der Waals surface area contributed by atoms with Crippen molar-refractivity contribution in [2.75, 3.05) is 13.1 Å². The van der Waals surface area contributed by atoms with Crippen molar-refractivity contribution in [3.05, 3.63) is 0 Å². The molecule has 1 saturated heterocycles. The minimum Gasteiger partial charge on any atom is -0.392 e. The van der Waals surface area contributed by atoms with Crippen molar-refractivity contribution in [3.8, 4) is 0 Å². The molecule has 2 atom stereocenters. The van der Waals surface area contributed by atoms with E-state index in [4.69, 9.17) is 18.0 Å². The number of hydrogen-bond acceptors (Lipinski definition) is 3. The van der Waals surface area contributed by atoms with E-state index in [1.165, 1.54) is 0 Å². The van der Waals surface area contributed by atoms with Crippen LogP contribution >= 0.6 is 12.2 Å². The molecule has 0 bridgehead atoms. The standard InChI is InChI=1S/C10H20N2O2S2/c1-3-9(10(11)15)16(13,14)12-6-4-5-8(2)7-12/h8-9H,3-7H2,1-2H3,(H2,11,15). The van der Waals surface area contributed by atoms with Crippen molar-refractivity contribution in [3.63, 3.8) is 0 Å². The highest BCUT2D eigenvalue weighted by Gasteiger charge is 2.34. The average Bonchev–Trinajstić information content (AvgIpc) is 2.17. The van der Waals surface area contributed by atoms with Gasteiger partial charge in [-0.15, -0.1) is 0 Å². The molecule has 0 saturated carbocycles. The number of hydrogen-bond donors (Lipinski definition) is 1. The Morgan fingerprint density at radius 1 is 1.62 bits per heavy atom.